The molecule has 0 aromatic heterocycles. The number of ether oxygens (including phenoxy) is 1. The van der Waals surface area contributed by atoms with Gasteiger partial charge in [-0.3, -0.25) is 5.32 Å². The minimum Gasteiger partial charge on any atom is -0.453 e. The SMILES string of the molecule is CCC(C)C(C)Nc1ccc(NC(=O)OC)cc1. The molecule has 0 aliphatic carbocycles. The molecule has 0 saturated heterocycles. The number of benzene rings is 1. The Bertz CT molecular complexity index is 376. The molecule has 4 nitrogen and oxygen atoms in total. The summed E-state index contributed by atoms with van der Waals surface area (Å²) in [4.78, 5) is 11.0. The van der Waals surface area contributed by atoms with Gasteiger partial charge in [-0.2, -0.15) is 0 Å². The van der Waals surface area contributed by atoms with Gasteiger partial charge in [-0.25, -0.2) is 4.79 Å². The average Bonchev–Trinajstić information content (AvgIpc) is 2.39. The van der Waals surface area contributed by atoms with E-state index in [2.05, 4.69) is 36.1 Å². The minimum atomic E-state index is -0.455. The van der Waals surface area contributed by atoms with Crippen molar-refractivity contribution in [3.63, 3.8) is 0 Å². The van der Waals surface area contributed by atoms with E-state index >= 15 is 0 Å². The summed E-state index contributed by atoms with van der Waals surface area (Å²) >= 11 is 0. The maximum atomic E-state index is 11.0. The Balaban J connectivity index is 2.57. The van der Waals surface area contributed by atoms with Crippen LogP contribution in [0, 0.1) is 5.92 Å². The molecule has 0 radical (unpaired) electrons. The second kappa shape index (κ2) is 6.89. The summed E-state index contributed by atoms with van der Waals surface area (Å²) < 4.78 is 4.53. The highest BCUT2D eigenvalue weighted by molar-refractivity contribution is 5.84. The maximum Gasteiger partial charge on any atom is 0.411 e. The summed E-state index contributed by atoms with van der Waals surface area (Å²) in [5.41, 5.74) is 1.78. The summed E-state index contributed by atoms with van der Waals surface area (Å²) in [7, 11) is 1.35. The van der Waals surface area contributed by atoms with E-state index in [1.165, 1.54) is 7.11 Å². The number of carbonyl (C=O) groups excluding carboxylic acids is 1. The number of hydrogen-bond acceptors (Lipinski definition) is 3. The predicted octanol–water partition coefficient (Wildman–Crippen LogP) is 3.71. The lowest BCUT2D eigenvalue weighted by Crippen LogP contribution is -2.23. The largest absolute Gasteiger partial charge is 0.453 e. The first-order chi connectivity index (χ1) is 8.56. The molecule has 2 atom stereocenters. The predicted molar refractivity (Wildman–Crippen MR) is 75.0 cm³/mol. The second-order valence-corrected chi connectivity index (χ2v) is 4.51. The Morgan fingerprint density at radius 1 is 1.22 bits per heavy atom. The van der Waals surface area contributed by atoms with Crippen molar-refractivity contribution < 1.29 is 9.53 Å². The van der Waals surface area contributed by atoms with Crippen LogP contribution in [0.1, 0.15) is 27.2 Å². The number of amides is 1. The summed E-state index contributed by atoms with van der Waals surface area (Å²) in [6.07, 6.45) is 0.694. The molecule has 0 aliphatic heterocycles. The Labute approximate surface area is 109 Å². The number of carbonyl (C=O) groups is 1. The van der Waals surface area contributed by atoms with Crippen molar-refractivity contribution in [2.24, 2.45) is 5.92 Å². The fourth-order valence-corrected chi connectivity index (χ4v) is 1.58. The van der Waals surface area contributed by atoms with Gasteiger partial charge in [-0.15, -0.1) is 0 Å². The molecule has 0 bridgehead atoms. The van der Waals surface area contributed by atoms with Gasteiger partial charge >= 0.3 is 6.09 Å². The van der Waals surface area contributed by atoms with E-state index in [-0.39, 0.29) is 0 Å². The van der Waals surface area contributed by atoms with E-state index in [0.717, 1.165) is 17.8 Å². The molecule has 4 heteroatoms. The molecule has 1 amide bonds. The van der Waals surface area contributed by atoms with Crippen LogP contribution in [-0.4, -0.2) is 19.2 Å². The summed E-state index contributed by atoms with van der Waals surface area (Å²) in [6, 6.07) is 8.02. The third-order valence-electron chi connectivity index (χ3n) is 3.21. The van der Waals surface area contributed by atoms with Crippen LogP contribution in [0.25, 0.3) is 0 Å². The molecule has 0 fully saturated rings. The molecule has 2 unspecified atom stereocenters. The number of rotatable bonds is 5. The van der Waals surface area contributed by atoms with Crippen LogP contribution in [0.4, 0.5) is 16.2 Å². The topological polar surface area (TPSA) is 50.4 Å². The van der Waals surface area contributed by atoms with Crippen molar-refractivity contribution in [2.45, 2.75) is 33.2 Å². The molecular formula is C14H22N2O2. The van der Waals surface area contributed by atoms with Crippen molar-refractivity contribution in [2.75, 3.05) is 17.7 Å². The highest BCUT2D eigenvalue weighted by atomic mass is 16.5. The quantitative estimate of drug-likeness (QED) is 0.837. The monoisotopic (exact) mass is 250 g/mol. The van der Waals surface area contributed by atoms with E-state index < -0.39 is 6.09 Å². The number of nitrogens with one attached hydrogen (secondary N) is 2. The lowest BCUT2D eigenvalue weighted by atomic mass is 10.0. The van der Waals surface area contributed by atoms with Crippen LogP contribution in [0.5, 0.6) is 0 Å². The second-order valence-electron chi connectivity index (χ2n) is 4.51. The molecule has 1 rings (SSSR count). The van der Waals surface area contributed by atoms with E-state index in [4.69, 9.17) is 0 Å². The van der Waals surface area contributed by atoms with Crippen LogP contribution in [0.15, 0.2) is 24.3 Å². The fourth-order valence-electron chi connectivity index (χ4n) is 1.58. The summed E-state index contributed by atoms with van der Waals surface area (Å²) in [5.74, 6) is 0.623. The van der Waals surface area contributed by atoms with Gasteiger partial charge in [-0.1, -0.05) is 20.3 Å². The normalized spacial score (nSPS) is 13.6. The molecule has 1 aromatic carbocycles. The molecule has 2 N–H and O–H groups in total. The van der Waals surface area contributed by atoms with E-state index in [0.29, 0.717) is 12.0 Å². The third kappa shape index (κ3) is 4.28. The fraction of sp³-hybridized carbons (Fsp3) is 0.500. The Morgan fingerprint density at radius 3 is 2.28 bits per heavy atom. The van der Waals surface area contributed by atoms with E-state index in [1.807, 2.05) is 24.3 Å². The van der Waals surface area contributed by atoms with Crippen molar-refractivity contribution in [3.05, 3.63) is 24.3 Å². The van der Waals surface area contributed by atoms with Crippen LogP contribution in [0.2, 0.25) is 0 Å². The molecule has 0 heterocycles. The number of anilines is 2. The molecule has 0 spiro atoms. The smallest absolute Gasteiger partial charge is 0.411 e. The highest BCUT2D eigenvalue weighted by Crippen LogP contribution is 2.17. The van der Waals surface area contributed by atoms with Crippen molar-refractivity contribution in [3.8, 4) is 0 Å². The van der Waals surface area contributed by atoms with Crippen LogP contribution in [-0.2, 0) is 4.74 Å². The Hall–Kier alpha value is -1.71. The molecule has 0 aliphatic rings. The molecule has 100 valence electrons. The van der Waals surface area contributed by atoms with Gasteiger partial charge in [0.25, 0.3) is 0 Å². The first kappa shape index (κ1) is 14.4. The number of methoxy groups -OCH3 is 1. The van der Waals surface area contributed by atoms with Gasteiger partial charge in [0.1, 0.15) is 0 Å². The van der Waals surface area contributed by atoms with Gasteiger partial charge in [0.2, 0.25) is 0 Å². The minimum absolute atomic E-state index is 0.425. The molecule has 1 aromatic rings. The molecular weight excluding hydrogens is 228 g/mol. The summed E-state index contributed by atoms with van der Waals surface area (Å²) in [6.45, 7) is 6.59. The average molecular weight is 250 g/mol. The highest BCUT2D eigenvalue weighted by Gasteiger charge is 2.09. The Kier molecular flexibility index (Phi) is 5.49. The standard InChI is InChI=1S/C14H22N2O2/c1-5-10(2)11(3)15-12-6-8-13(9-7-12)16-14(17)18-4/h6-11,15H,5H2,1-4H3,(H,16,17). The van der Waals surface area contributed by atoms with Gasteiger partial charge in [-0.05, 0) is 37.1 Å². The van der Waals surface area contributed by atoms with Crippen LogP contribution < -0.4 is 10.6 Å². The van der Waals surface area contributed by atoms with Crippen LogP contribution in [0.3, 0.4) is 0 Å². The van der Waals surface area contributed by atoms with Gasteiger partial charge in [0.15, 0.2) is 0 Å². The van der Waals surface area contributed by atoms with Crippen molar-refractivity contribution >= 4 is 17.5 Å². The third-order valence-corrected chi connectivity index (χ3v) is 3.21. The first-order valence-electron chi connectivity index (χ1n) is 6.28. The van der Waals surface area contributed by atoms with E-state index in [9.17, 15) is 4.79 Å². The van der Waals surface area contributed by atoms with Crippen LogP contribution >= 0.6 is 0 Å². The maximum absolute atomic E-state index is 11.0. The van der Waals surface area contributed by atoms with Gasteiger partial charge < -0.3 is 10.1 Å². The van der Waals surface area contributed by atoms with Gasteiger partial charge in [0, 0.05) is 17.4 Å². The zero-order valence-electron chi connectivity index (χ0n) is 11.5. The Morgan fingerprint density at radius 2 is 1.78 bits per heavy atom. The van der Waals surface area contributed by atoms with E-state index in [1.54, 1.807) is 0 Å². The molecule has 0 saturated carbocycles. The number of hydrogen-bond donors (Lipinski definition) is 2. The van der Waals surface area contributed by atoms with Crippen molar-refractivity contribution in [1.29, 1.82) is 0 Å². The van der Waals surface area contributed by atoms with Crippen molar-refractivity contribution in [1.82, 2.24) is 0 Å². The zero-order chi connectivity index (χ0) is 13.5. The van der Waals surface area contributed by atoms with Gasteiger partial charge in [0.05, 0.1) is 7.11 Å². The molecule has 18 heavy (non-hydrogen) atoms. The zero-order valence-corrected chi connectivity index (χ0v) is 11.5. The lowest BCUT2D eigenvalue weighted by molar-refractivity contribution is 0.187. The summed E-state index contributed by atoms with van der Waals surface area (Å²) in [5, 5.41) is 6.06. The lowest BCUT2D eigenvalue weighted by Gasteiger charge is -2.21. The first-order valence-corrected chi connectivity index (χ1v) is 6.28.